The summed E-state index contributed by atoms with van der Waals surface area (Å²) in [4.78, 5) is 66.3. The molecule has 13 nitrogen and oxygen atoms in total. The molecular formula is C44H61F2N5O8. The average molecular weight is 826 g/mol. The Hall–Kier alpha value is -5.15. The van der Waals surface area contributed by atoms with Gasteiger partial charge in [0.2, 0.25) is 17.7 Å². The molecule has 3 rings (SSSR count). The molecule has 324 valence electrons. The number of carbonyl (C=O) groups is 5. The van der Waals surface area contributed by atoms with Crippen LogP contribution in [0.5, 0.6) is 0 Å². The van der Waals surface area contributed by atoms with Crippen LogP contribution in [0.3, 0.4) is 0 Å². The molecule has 0 aliphatic rings. The third-order valence-electron chi connectivity index (χ3n) is 8.99. The first kappa shape index (κ1) is 48.2. The van der Waals surface area contributed by atoms with Gasteiger partial charge >= 0.3 is 11.9 Å². The number of halogens is 2. The molecular weight excluding hydrogens is 765 g/mol. The molecule has 3 amide bonds. The normalized spacial score (nSPS) is 13.5. The summed E-state index contributed by atoms with van der Waals surface area (Å²) < 4.78 is 42.1. The largest absolute Gasteiger partial charge is 0.460 e. The van der Waals surface area contributed by atoms with Gasteiger partial charge in [0, 0.05) is 55.5 Å². The van der Waals surface area contributed by atoms with Crippen LogP contribution in [-0.4, -0.2) is 87.2 Å². The maximum absolute atomic E-state index is 15.1. The number of rotatable bonds is 18. The molecule has 5 N–H and O–H groups in total. The lowest BCUT2D eigenvalue weighted by molar-refractivity contribution is -0.160. The Morgan fingerprint density at radius 2 is 1.51 bits per heavy atom. The maximum Gasteiger partial charge on any atom is 0.329 e. The quantitative estimate of drug-likeness (QED) is 0.119. The second-order valence-electron chi connectivity index (χ2n) is 17.6. The molecule has 3 atom stereocenters. The summed E-state index contributed by atoms with van der Waals surface area (Å²) in [5, 5.41) is 15.3. The van der Waals surface area contributed by atoms with E-state index in [1.807, 2.05) is 55.7 Å². The van der Waals surface area contributed by atoms with Crippen LogP contribution in [-0.2, 0) is 40.0 Å². The van der Waals surface area contributed by atoms with Crippen LogP contribution in [0, 0.1) is 17.0 Å². The second kappa shape index (κ2) is 20.7. The minimum atomic E-state index is -1.14. The summed E-state index contributed by atoms with van der Waals surface area (Å²) in [5.41, 5.74) is 5.97. The van der Waals surface area contributed by atoms with Gasteiger partial charge in [0.25, 0.3) is 0 Å². The molecule has 0 spiro atoms. The van der Waals surface area contributed by atoms with Gasteiger partial charge in [-0.15, -0.1) is 0 Å². The molecule has 2 unspecified atom stereocenters. The fourth-order valence-corrected chi connectivity index (χ4v) is 6.48. The van der Waals surface area contributed by atoms with Gasteiger partial charge in [-0.2, -0.15) is 0 Å². The van der Waals surface area contributed by atoms with E-state index in [1.54, 1.807) is 53.8 Å². The van der Waals surface area contributed by atoms with Crippen molar-refractivity contribution in [3.63, 3.8) is 0 Å². The van der Waals surface area contributed by atoms with Crippen molar-refractivity contribution in [2.45, 2.75) is 124 Å². The summed E-state index contributed by atoms with van der Waals surface area (Å²) in [6, 6.07) is 11.4. The van der Waals surface area contributed by atoms with Gasteiger partial charge in [-0.05, 0) is 89.6 Å². The van der Waals surface area contributed by atoms with Crippen molar-refractivity contribution in [1.82, 2.24) is 20.1 Å². The average Bonchev–Trinajstić information content (AvgIpc) is 3.52. The molecule has 0 saturated carbocycles. The highest BCUT2D eigenvalue weighted by Gasteiger charge is 2.37. The highest BCUT2D eigenvalue weighted by atomic mass is 19.1. The minimum absolute atomic E-state index is 0.0352. The third-order valence-corrected chi connectivity index (χ3v) is 8.99. The Balaban J connectivity index is 1.76. The number of ether oxygens (including phenoxy) is 2. The number of nitrogens with zero attached hydrogens (tertiary/aromatic N) is 2. The molecule has 0 saturated heterocycles. The number of nitrogens with two attached hydrogens (primary N) is 1. The molecule has 1 aromatic heterocycles. The summed E-state index contributed by atoms with van der Waals surface area (Å²) in [7, 11) is 0. The van der Waals surface area contributed by atoms with Crippen LogP contribution in [0.4, 0.5) is 8.78 Å². The number of hydrogen-bond acceptors (Lipinski definition) is 9. The molecule has 2 aromatic carbocycles. The van der Waals surface area contributed by atoms with Gasteiger partial charge in [-0.3, -0.25) is 19.2 Å². The Morgan fingerprint density at radius 3 is 2.10 bits per heavy atom. The number of amides is 3. The number of aliphatic hydroxyl groups is 1. The van der Waals surface area contributed by atoms with Gasteiger partial charge in [0.1, 0.15) is 35.5 Å². The van der Waals surface area contributed by atoms with Crippen molar-refractivity contribution in [3.8, 4) is 11.1 Å². The summed E-state index contributed by atoms with van der Waals surface area (Å²) in [6.45, 7) is 15.2. The smallest absolute Gasteiger partial charge is 0.329 e. The van der Waals surface area contributed by atoms with E-state index in [4.69, 9.17) is 15.2 Å². The first-order valence-corrected chi connectivity index (χ1v) is 19.8. The number of esters is 2. The number of aliphatic hydroxyl groups excluding tert-OH is 1. The van der Waals surface area contributed by atoms with Gasteiger partial charge < -0.3 is 40.4 Å². The number of hydrogen-bond donors (Lipinski definition) is 4. The number of benzene rings is 2. The van der Waals surface area contributed by atoms with Crippen molar-refractivity contribution in [1.29, 1.82) is 0 Å². The Morgan fingerprint density at radius 1 is 0.864 bits per heavy atom. The zero-order valence-corrected chi connectivity index (χ0v) is 35.7. The fraction of sp³-hybridized carbons (Fsp3) is 0.523. The Bertz CT molecular complexity index is 1910. The van der Waals surface area contributed by atoms with Crippen LogP contribution in [0.25, 0.3) is 11.1 Å². The maximum atomic E-state index is 15.1. The molecule has 3 aromatic rings. The van der Waals surface area contributed by atoms with Crippen molar-refractivity contribution in [3.05, 3.63) is 83.7 Å². The first-order valence-electron chi connectivity index (χ1n) is 19.8. The van der Waals surface area contributed by atoms with Gasteiger partial charge in [-0.1, -0.05) is 51.1 Å². The topological polar surface area (TPSA) is 182 Å². The van der Waals surface area contributed by atoms with Crippen LogP contribution in [0.2, 0.25) is 0 Å². The van der Waals surface area contributed by atoms with E-state index < -0.39 is 82.6 Å². The molecule has 0 radical (unpaired) electrons. The zero-order chi connectivity index (χ0) is 44.3. The molecule has 59 heavy (non-hydrogen) atoms. The SMILES string of the molecule is CC(C)(C)OC(=O)CC[C@@H](NC(=O)CCNC(=O)C(N)CCN(C(=O)CO)C(c1cc(-c2cc(F)ccc2F)cn1Cc1ccccc1)C(C)(C)C)C(=O)OC(C)(C)C. The highest BCUT2D eigenvalue weighted by molar-refractivity contribution is 5.86. The third kappa shape index (κ3) is 15.5. The van der Waals surface area contributed by atoms with E-state index in [0.717, 1.165) is 23.8 Å². The lowest BCUT2D eigenvalue weighted by Crippen LogP contribution is -2.48. The van der Waals surface area contributed by atoms with Crippen molar-refractivity contribution in [2.24, 2.45) is 11.1 Å². The summed E-state index contributed by atoms with van der Waals surface area (Å²) >= 11 is 0. The molecule has 0 aliphatic carbocycles. The van der Waals surface area contributed by atoms with Gasteiger partial charge in [0.05, 0.1) is 12.1 Å². The van der Waals surface area contributed by atoms with E-state index >= 15 is 4.39 Å². The summed E-state index contributed by atoms with van der Waals surface area (Å²) in [6.07, 6.45) is 1.23. The zero-order valence-electron chi connectivity index (χ0n) is 35.7. The van der Waals surface area contributed by atoms with E-state index in [9.17, 15) is 33.5 Å². The standard InChI is InChI=1S/C44H61F2N5O8/c1-42(2,3)39(35-23-29(31-24-30(45)15-16-32(31)46)26-50(35)25-28-13-11-10-12-14-28)51(37(54)27-52)22-20-33(47)40(56)48-21-19-36(53)49-34(41(57)59-44(7,8)9)17-18-38(55)58-43(4,5)6/h10-16,23-24,26,33-34,39,52H,17-22,25,27,47H2,1-9H3,(H,48,56)(H,49,53)/t33?,34-,39?/m1/s1. The van der Waals surface area contributed by atoms with E-state index in [1.165, 1.54) is 4.90 Å². The van der Waals surface area contributed by atoms with Crippen molar-refractivity contribution in [2.75, 3.05) is 19.7 Å². The van der Waals surface area contributed by atoms with Crippen LogP contribution in [0.1, 0.15) is 105 Å². The van der Waals surface area contributed by atoms with Crippen LogP contribution in [0.15, 0.2) is 60.8 Å². The van der Waals surface area contributed by atoms with Crippen molar-refractivity contribution < 1.29 is 47.3 Å². The number of aromatic nitrogens is 1. The predicted octanol–water partition coefficient (Wildman–Crippen LogP) is 5.56. The van der Waals surface area contributed by atoms with Crippen LogP contribution < -0.4 is 16.4 Å². The minimum Gasteiger partial charge on any atom is -0.460 e. The lowest BCUT2D eigenvalue weighted by Gasteiger charge is -2.41. The predicted molar refractivity (Wildman–Crippen MR) is 219 cm³/mol. The Labute approximate surface area is 346 Å². The molecule has 15 heteroatoms. The Kier molecular flexibility index (Phi) is 16.9. The first-order chi connectivity index (χ1) is 27.4. The fourth-order valence-electron chi connectivity index (χ4n) is 6.48. The van der Waals surface area contributed by atoms with Gasteiger partial charge in [-0.25, -0.2) is 13.6 Å². The molecule has 0 bridgehead atoms. The summed E-state index contributed by atoms with van der Waals surface area (Å²) in [5.74, 6) is -4.32. The van der Waals surface area contributed by atoms with E-state index in [2.05, 4.69) is 10.6 Å². The van der Waals surface area contributed by atoms with Gasteiger partial charge in [0.15, 0.2) is 0 Å². The molecule has 1 heterocycles. The molecule has 0 aliphatic heterocycles. The lowest BCUT2D eigenvalue weighted by atomic mass is 9.82. The van der Waals surface area contributed by atoms with Crippen LogP contribution >= 0.6 is 0 Å². The van der Waals surface area contributed by atoms with Crippen molar-refractivity contribution >= 4 is 29.7 Å². The highest BCUT2D eigenvalue weighted by Crippen LogP contribution is 2.41. The van der Waals surface area contributed by atoms with E-state index in [-0.39, 0.29) is 44.3 Å². The monoisotopic (exact) mass is 825 g/mol. The number of carbonyl (C=O) groups excluding carboxylic acids is 5. The van der Waals surface area contributed by atoms with E-state index in [0.29, 0.717) is 17.8 Å². The second-order valence-corrected chi connectivity index (χ2v) is 17.6. The molecule has 0 fully saturated rings. The number of nitrogens with one attached hydrogen (secondary N) is 2.